The molecule has 0 saturated heterocycles. The molecule has 0 amide bonds. The second-order valence-electron chi connectivity index (χ2n) is 4.96. The van der Waals surface area contributed by atoms with Gasteiger partial charge < -0.3 is 14.8 Å². The molecule has 0 saturated carbocycles. The summed E-state index contributed by atoms with van der Waals surface area (Å²) in [7, 11) is 0. The van der Waals surface area contributed by atoms with Crippen LogP contribution in [0.4, 0.5) is 0 Å². The van der Waals surface area contributed by atoms with Crippen LogP contribution in [-0.4, -0.2) is 11.1 Å². The molecule has 1 unspecified atom stereocenters. The summed E-state index contributed by atoms with van der Waals surface area (Å²) >= 11 is 0. The molecule has 4 heteroatoms. The lowest BCUT2D eigenvalue weighted by Gasteiger charge is -2.16. The van der Waals surface area contributed by atoms with Gasteiger partial charge in [0.15, 0.2) is 0 Å². The van der Waals surface area contributed by atoms with E-state index in [-0.39, 0.29) is 11.8 Å². The number of hydrogen-bond donors (Lipinski definition) is 2. The maximum absolute atomic E-state index is 10.9. The van der Waals surface area contributed by atoms with Gasteiger partial charge in [-0.15, -0.1) is 0 Å². The molecule has 0 radical (unpaired) electrons. The van der Waals surface area contributed by atoms with Gasteiger partial charge in [0.25, 0.3) is 0 Å². The fraction of sp³-hybridized carbons (Fsp3) is 0.312. The molecule has 106 valence electrons. The summed E-state index contributed by atoms with van der Waals surface area (Å²) in [6, 6.07) is 9.99. The van der Waals surface area contributed by atoms with Crippen molar-refractivity contribution in [1.82, 2.24) is 5.32 Å². The second-order valence-corrected chi connectivity index (χ2v) is 4.96. The highest BCUT2D eigenvalue weighted by atomic mass is 16.4. The van der Waals surface area contributed by atoms with Gasteiger partial charge in [-0.1, -0.05) is 24.3 Å². The van der Waals surface area contributed by atoms with Crippen LogP contribution in [-0.2, 0) is 6.54 Å². The first-order chi connectivity index (χ1) is 9.49. The van der Waals surface area contributed by atoms with Crippen molar-refractivity contribution in [3.05, 3.63) is 58.5 Å². The zero-order chi connectivity index (χ0) is 14.7. The fourth-order valence-electron chi connectivity index (χ4n) is 2.25. The van der Waals surface area contributed by atoms with Crippen molar-refractivity contribution in [3.63, 3.8) is 0 Å². The van der Waals surface area contributed by atoms with Crippen molar-refractivity contribution in [3.8, 4) is 0 Å². The van der Waals surface area contributed by atoms with Gasteiger partial charge in [-0.25, -0.2) is 4.79 Å². The summed E-state index contributed by atoms with van der Waals surface area (Å²) in [5.74, 6) is -0.402. The van der Waals surface area contributed by atoms with Crippen molar-refractivity contribution in [2.24, 2.45) is 0 Å². The Labute approximate surface area is 118 Å². The van der Waals surface area contributed by atoms with E-state index in [1.165, 1.54) is 11.1 Å². The molecule has 2 N–H and O–H groups in total. The summed E-state index contributed by atoms with van der Waals surface area (Å²) in [6.45, 7) is 6.54. The number of carboxylic acids is 1. The Morgan fingerprint density at radius 3 is 2.65 bits per heavy atom. The predicted octanol–water partition coefficient (Wildman–Crippen LogP) is 3.45. The van der Waals surface area contributed by atoms with Gasteiger partial charge in [0.1, 0.15) is 5.76 Å². The molecule has 1 aromatic heterocycles. The molecule has 4 nitrogen and oxygen atoms in total. The highest BCUT2D eigenvalue weighted by Gasteiger charge is 2.14. The van der Waals surface area contributed by atoms with Crippen molar-refractivity contribution in [2.45, 2.75) is 33.4 Å². The molecule has 0 aliphatic carbocycles. The average Bonchev–Trinajstić information content (AvgIpc) is 2.78. The molecular weight excluding hydrogens is 254 g/mol. The van der Waals surface area contributed by atoms with E-state index in [1.807, 2.05) is 12.1 Å². The molecule has 0 aliphatic rings. The van der Waals surface area contributed by atoms with Gasteiger partial charge in [0, 0.05) is 18.2 Å². The van der Waals surface area contributed by atoms with Crippen molar-refractivity contribution < 1.29 is 14.3 Å². The van der Waals surface area contributed by atoms with Crippen LogP contribution < -0.4 is 5.32 Å². The summed E-state index contributed by atoms with van der Waals surface area (Å²) in [4.78, 5) is 10.9. The molecule has 2 rings (SSSR count). The third-order valence-electron chi connectivity index (χ3n) is 3.49. The van der Waals surface area contributed by atoms with Gasteiger partial charge in [-0.3, -0.25) is 0 Å². The number of nitrogens with one attached hydrogen (secondary N) is 1. The Kier molecular flexibility index (Phi) is 4.25. The Morgan fingerprint density at radius 2 is 2.05 bits per heavy atom. The maximum atomic E-state index is 10.9. The topological polar surface area (TPSA) is 62.5 Å². The van der Waals surface area contributed by atoms with Crippen LogP contribution in [0.2, 0.25) is 0 Å². The van der Waals surface area contributed by atoms with Gasteiger partial charge in [0.2, 0.25) is 5.76 Å². The molecule has 0 fully saturated rings. The quantitative estimate of drug-likeness (QED) is 0.876. The minimum absolute atomic E-state index is 0.0113. The van der Waals surface area contributed by atoms with Gasteiger partial charge in [-0.05, 0) is 38.0 Å². The molecule has 0 bridgehead atoms. The van der Waals surface area contributed by atoms with Gasteiger partial charge in [-0.2, -0.15) is 0 Å². The number of rotatable bonds is 5. The predicted molar refractivity (Wildman–Crippen MR) is 76.8 cm³/mol. The first-order valence-corrected chi connectivity index (χ1v) is 6.60. The van der Waals surface area contributed by atoms with Crippen molar-refractivity contribution >= 4 is 5.97 Å². The maximum Gasteiger partial charge on any atom is 0.371 e. The number of benzene rings is 1. The molecule has 2 aromatic rings. The molecule has 0 spiro atoms. The lowest BCUT2D eigenvalue weighted by molar-refractivity contribution is 0.0661. The second kappa shape index (κ2) is 5.92. The number of hydrogen-bond acceptors (Lipinski definition) is 3. The first-order valence-electron chi connectivity index (χ1n) is 6.60. The largest absolute Gasteiger partial charge is 0.475 e. The monoisotopic (exact) mass is 273 g/mol. The molecule has 1 heterocycles. The standard InChI is InChI=1S/C16H19NO3/c1-10-6-4-5-7-14(10)11(2)17-9-13-8-15(16(18)19)20-12(13)3/h4-8,11,17H,9H2,1-3H3,(H,18,19). The van der Waals surface area contributed by atoms with E-state index >= 15 is 0 Å². The van der Waals surface area contributed by atoms with E-state index in [2.05, 4.69) is 31.3 Å². The van der Waals surface area contributed by atoms with Crippen LogP contribution >= 0.6 is 0 Å². The molecule has 1 atom stereocenters. The van der Waals surface area contributed by atoms with E-state index < -0.39 is 5.97 Å². The van der Waals surface area contributed by atoms with Crippen LogP contribution in [0.5, 0.6) is 0 Å². The molecule has 20 heavy (non-hydrogen) atoms. The Balaban J connectivity index is 2.05. The van der Waals surface area contributed by atoms with E-state index in [0.29, 0.717) is 12.3 Å². The summed E-state index contributed by atoms with van der Waals surface area (Å²) in [6.07, 6.45) is 0. The summed E-state index contributed by atoms with van der Waals surface area (Å²) in [5.41, 5.74) is 3.36. The molecule has 1 aromatic carbocycles. The fourth-order valence-corrected chi connectivity index (χ4v) is 2.25. The van der Waals surface area contributed by atoms with Gasteiger partial charge in [0.05, 0.1) is 0 Å². The Bertz CT molecular complexity index is 616. The van der Waals surface area contributed by atoms with Gasteiger partial charge >= 0.3 is 5.97 Å². The van der Waals surface area contributed by atoms with Crippen LogP contribution in [0.15, 0.2) is 34.7 Å². The zero-order valence-electron chi connectivity index (χ0n) is 11.9. The third kappa shape index (κ3) is 3.08. The number of furan rings is 1. The number of carboxylic acid groups (broad SMARTS) is 1. The van der Waals surface area contributed by atoms with Crippen molar-refractivity contribution in [2.75, 3.05) is 0 Å². The van der Waals surface area contributed by atoms with Crippen LogP contribution in [0.3, 0.4) is 0 Å². The highest BCUT2D eigenvalue weighted by Crippen LogP contribution is 2.19. The Morgan fingerprint density at radius 1 is 1.35 bits per heavy atom. The average molecular weight is 273 g/mol. The number of aromatic carboxylic acids is 1. The SMILES string of the molecule is Cc1ccccc1C(C)NCc1cc(C(=O)O)oc1C. The normalized spacial score (nSPS) is 12.3. The lowest BCUT2D eigenvalue weighted by atomic mass is 10.0. The van der Waals surface area contributed by atoms with Crippen LogP contribution in [0, 0.1) is 13.8 Å². The summed E-state index contributed by atoms with van der Waals surface area (Å²) in [5, 5.41) is 12.3. The zero-order valence-corrected chi connectivity index (χ0v) is 11.9. The summed E-state index contributed by atoms with van der Waals surface area (Å²) < 4.78 is 5.20. The minimum atomic E-state index is -1.04. The van der Waals surface area contributed by atoms with E-state index in [4.69, 9.17) is 9.52 Å². The minimum Gasteiger partial charge on any atom is -0.475 e. The van der Waals surface area contributed by atoms with Crippen LogP contribution in [0.1, 0.15) is 46.0 Å². The van der Waals surface area contributed by atoms with E-state index in [1.54, 1.807) is 13.0 Å². The number of carbonyl (C=O) groups is 1. The van der Waals surface area contributed by atoms with Crippen molar-refractivity contribution in [1.29, 1.82) is 0 Å². The van der Waals surface area contributed by atoms with E-state index in [0.717, 1.165) is 5.56 Å². The molecule has 0 aliphatic heterocycles. The smallest absolute Gasteiger partial charge is 0.371 e. The lowest BCUT2D eigenvalue weighted by Crippen LogP contribution is -2.19. The Hall–Kier alpha value is -2.07. The third-order valence-corrected chi connectivity index (χ3v) is 3.49. The van der Waals surface area contributed by atoms with E-state index in [9.17, 15) is 4.79 Å². The number of aryl methyl sites for hydroxylation is 2. The first kappa shape index (κ1) is 14.3. The molecular formula is C16H19NO3. The highest BCUT2D eigenvalue weighted by molar-refractivity contribution is 5.84. The van der Waals surface area contributed by atoms with Crippen LogP contribution in [0.25, 0.3) is 0 Å².